The van der Waals surface area contributed by atoms with Crippen molar-refractivity contribution in [1.82, 2.24) is 9.80 Å². The maximum absolute atomic E-state index is 13.5. The van der Waals surface area contributed by atoms with E-state index in [1.54, 1.807) is 24.8 Å². The number of benzene rings is 1. The average molecular weight is 539 g/mol. The van der Waals surface area contributed by atoms with E-state index in [2.05, 4.69) is 4.90 Å². The molecule has 6 nitrogen and oxygen atoms in total. The van der Waals surface area contributed by atoms with Gasteiger partial charge >= 0.3 is 6.18 Å². The highest BCUT2D eigenvalue weighted by Crippen LogP contribution is 2.38. The van der Waals surface area contributed by atoms with E-state index < -0.39 is 22.8 Å². The van der Waals surface area contributed by atoms with Crippen LogP contribution in [0.4, 0.5) is 18.9 Å². The van der Waals surface area contributed by atoms with Gasteiger partial charge in [-0.2, -0.15) is 18.4 Å². The number of thiocarbonyl (C=S) groups is 1. The van der Waals surface area contributed by atoms with Crippen molar-refractivity contribution in [3.63, 3.8) is 0 Å². The molecule has 0 bridgehead atoms. The van der Waals surface area contributed by atoms with Gasteiger partial charge in [0.1, 0.15) is 5.54 Å². The fourth-order valence-electron chi connectivity index (χ4n) is 5.31. The summed E-state index contributed by atoms with van der Waals surface area (Å²) in [5.41, 5.74) is -2.51. The van der Waals surface area contributed by atoms with Crippen LogP contribution in [0.25, 0.3) is 0 Å². The zero-order chi connectivity index (χ0) is 27.2. The predicted molar refractivity (Wildman–Crippen MR) is 141 cm³/mol. The summed E-state index contributed by atoms with van der Waals surface area (Å²) in [5, 5.41) is 18.7. The summed E-state index contributed by atoms with van der Waals surface area (Å²) in [5.74, 6) is -0.378. The van der Waals surface area contributed by atoms with E-state index in [1.165, 1.54) is 18.9 Å². The molecule has 1 N–H and O–H groups in total. The molecule has 1 aromatic rings. The van der Waals surface area contributed by atoms with Gasteiger partial charge in [0.2, 0.25) is 0 Å². The molecular weight excluding hydrogens is 501 g/mol. The lowest BCUT2D eigenvalue weighted by atomic mass is 10.0. The molecule has 2 saturated heterocycles. The summed E-state index contributed by atoms with van der Waals surface area (Å²) in [4.78, 5) is 18.5. The molecule has 2 heterocycles. The van der Waals surface area contributed by atoms with Crippen molar-refractivity contribution in [3.8, 4) is 6.07 Å². The van der Waals surface area contributed by atoms with Crippen LogP contribution in [0.15, 0.2) is 18.2 Å². The fraction of sp³-hybridized carbons (Fsp3) is 0.667. The van der Waals surface area contributed by atoms with E-state index in [4.69, 9.17) is 17.5 Å². The maximum Gasteiger partial charge on any atom is 0.417 e. The zero-order valence-electron chi connectivity index (χ0n) is 21.7. The van der Waals surface area contributed by atoms with Gasteiger partial charge in [0.05, 0.1) is 29.5 Å². The molecule has 2 fully saturated rings. The first kappa shape index (κ1) is 29.3. The molecule has 0 radical (unpaired) electrons. The zero-order valence-corrected chi connectivity index (χ0v) is 22.5. The Hall–Kier alpha value is -2.22. The second-order valence-corrected chi connectivity index (χ2v) is 10.8. The van der Waals surface area contributed by atoms with E-state index in [-0.39, 0.29) is 23.3 Å². The summed E-state index contributed by atoms with van der Waals surface area (Å²) in [6, 6.07) is 5.15. The third-order valence-electron chi connectivity index (χ3n) is 7.55. The number of hydrogen-bond donors (Lipinski definition) is 1. The summed E-state index contributed by atoms with van der Waals surface area (Å²) in [7, 11) is 0. The number of nitrogens with zero attached hydrogens (tertiary/aromatic N) is 4. The minimum Gasteiger partial charge on any atom is -0.395 e. The largest absolute Gasteiger partial charge is 0.417 e. The van der Waals surface area contributed by atoms with Crippen LogP contribution in [0.5, 0.6) is 0 Å². The summed E-state index contributed by atoms with van der Waals surface area (Å²) in [6.45, 7) is 6.42. The normalized spacial score (nSPS) is 20.2. The Balaban J connectivity index is 1.46. The molecule has 0 aromatic heterocycles. The lowest BCUT2D eigenvalue weighted by molar-refractivity contribution is -0.137. The van der Waals surface area contributed by atoms with Crippen molar-refractivity contribution in [2.24, 2.45) is 0 Å². The lowest BCUT2D eigenvalue weighted by Gasteiger charge is -2.29. The smallest absolute Gasteiger partial charge is 0.395 e. The highest BCUT2D eigenvalue weighted by Gasteiger charge is 2.49. The summed E-state index contributed by atoms with van der Waals surface area (Å²) < 4.78 is 40.4. The maximum atomic E-state index is 13.5. The van der Waals surface area contributed by atoms with Crippen molar-refractivity contribution in [3.05, 3.63) is 29.3 Å². The second kappa shape index (κ2) is 12.5. The SMILES string of the molecule is CC1(C)C(=O)N(c2ccc(C#N)c(C(F)(F)F)c2)C(=S)N1CCCCCCCCCN1CCC[C@H]1CO. The van der Waals surface area contributed by atoms with Gasteiger partial charge in [0.25, 0.3) is 5.91 Å². The Kier molecular flexibility index (Phi) is 9.95. The van der Waals surface area contributed by atoms with Crippen LogP contribution in [0.3, 0.4) is 0 Å². The average Bonchev–Trinajstić information content (AvgIpc) is 3.37. The number of aliphatic hydroxyl groups is 1. The Morgan fingerprint density at radius 3 is 2.32 bits per heavy atom. The van der Waals surface area contributed by atoms with Crippen molar-refractivity contribution < 1.29 is 23.1 Å². The van der Waals surface area contributed by atoms with Crippen molar-refractivity contribution in [1.29, 1.82) is 5.26 Å². The molecule has 0 unspecified atom stereocenters. The second-order valence-electron chi connectivity index (χ2n) is 10.5. The van der Waals surface area contributed by atoms with Crippen molar-refractivity contribution in [2.45, 2.75) is 89.4 Å². The quantitative estimate of drug-likeness (QED) is 0.281. The van der Waals surface area contributed by atoms with Crippen LogP contribution in [0.2, 0.25) is 0 Å². The minimum absolute atomic E-state index is 0.0242. The predicted octanol–water partition coefficient (Wildman–Crippen LogP) is 5.48. The minimum atomic E-state index is -4.71. The number of anilines is 1. The van der Waals surface area contributed by atoms with Gasteiger partial charge in [-0.25, -0.2) is 0 Å². The first-order valence-corrected chi connectivity index (χ1v) is 13.6. The van der Waals surface area contributed by atoms with Gasteiger partial charge in [-0.3, -0.25) is 14.6 Å². The molecular formula is C27H37F3N4O2S. The van der Waals surface area contributed by atoms with Gasteiger partial charge in [0, 0.05) is 12.6 Å². The Labute approximate surface area is 223 Å². The number of halogens is 3. The van der Waals surface area contributed by atoms with Gasteiger partial charge in [0.15, 0.2) is 5.11 Å². The number of likely N-dealkylation sites (tertiary alicyclic amines) is 1. The Morgan fingerprint density at radius 1 is 1.11 bits per heavy atom. The number of aliphatic hydroxyl groups excluding tert-OH is 1. The molecule has 0 spiro atoms. The van der Waals surface area contributed by atoms with Crippen LogP contribution in [0.1, 0.15) is 82.8 Å². The Bertz CT molecular complexity index is 1010. The number of carbonyl (C=O) groups is 1. The first-order valence-electron chi connectivity index (χ1n) is 13.1. The summed E-state index contributed by atoms with van der Waals surface area (Å²) in [6.07, 6.45) is 5.07. The standard InChI is InChI=1S/C27H37F3N4O2S/c1-26(2)24(36)34(21-13-12-20(18-31)23(17-21)27(28,29)30)25(37)33(26)16-9-7-5-3-4-6-8-14-32-15-10-11-22(32)19-35/h12-13,17,22,35H,3-11,14-16,19H2,1-2H3/t22-/m0/s1. The van der Waals surface area contributed by atoms with Crippen LogP contribution in [-0.2, 0) is 11.0 Å². The summed E-state index contributed by atoms with van der Waals surface area (Å²) >= 11 is 5.54. The number of nitriles is 1. The molecule has 3 rings (SSSR count). The highest BCUT2D eigenvalue weighted by molar-refractivity contribution is 7.80. The lowest BCUT2D eigenvalue weighted by Crippen LogP contribution is -2.44. The molecule has 37 heavy (non-hydrogen) atoms. The number of alkyl halides is 3. The van der Waals surface area contributed by atoms with E-state index >= 15 is 0 Å². The van der Waals surface area contributed by atoms with Crippen LogP contribution in [-0.4, -0.2) is 63.7 Å². The van der Waals surface area contributed by atoms with E-state index in [1.807, 2.05) is 0 Å². The molecule has 2 aliphatic heterocycles. The van der Waals surface area contributed by atoms with E-state index in [0.717, 1.165) is 75.1 Å². The number of rotatable bonds is 12. The van der Waals surface area contributed by atoms with Crippen LogP contribution >= 0.6 is 12.2 Å². The van der Waals surface area contributed by atoms with Crippen molar-refractivity contribution in [2.75, 3.05) is 31.1 Å². The third kappa shape index (κ3) is 6.81. The van der Waals surface area contributed by atoms with Crippen molar-refractivity contribution >= 4 is 28.9 Å². The first-order chi connectivity index (χ1) is 17.5. The number of unbranched alkanes of at least 4 members (excludes halogenated alkanes) is 6. The van der Waals surface area contributed by atoms with E-state index in [9.17, 15) is 23.1 Å². The van der Waals surface area contributed by atoms with Crippen LogP contribution < -0.4 is 4.90 Å². The molecule has 1 aromatic carbocycles. The molecule has 204 valence electrons. The Morgan fingerprint density at radius 2 is 1.73 bits per heavy atom. The molecule has 0 saturated carbocycles. The van der Waals surface area contributed by atoms with Gasteiger partial charge in [-0.1, -0.05) is 32.1 Å². The highest BCUT2D eigenvalue weighted by atomic mass is 32.1. The van der Waals surface area contributed by atoms with Gasteiger partial charge < -0.3 is 10.0 Å². The van der Waals surface area contributed by atoms with Gasteiger partial charge in [-0.15, -0.1) is 0 Å². The molecule has 1 atom stereocenters. The monoisotopic (exact) mass is 538 g/mol. The molecule has 2 aliphatic rings. The molecule has 10 heteroatoms. The molecule has 1 amide bonds. The fourth-order valence-corrected chi connectivity index (χ4v) is 5.81. The number of hydrogen-bond acceptors (Lipinski definition) is 5. The van der Waals surface area contributed by atoms with Gasteiger partial charge in [-0.05, 0) is 83.0 Å². The number of amides is 1. The van der Waals surface area contributed by atoms with Crippen LogP contribution in [0, 0.1) is 11.3 Å². The van der Waals surface area contributed by atoms with E-state index in [0.29, 0.717) is 12.6 Å². The third-order valence-corrected chi connectivity index (χ3v) is 7.95. The molecule has 0 aliphatic carbocycles. The number of carbonyl (C=O) groups excluding carboxylic acids is 1. The topological polar surface area (TPSA) is 70.8 Å².